The molecule has 0 fully saturated rings. The first-order valence-corrected chi connectivity index (χ1v) is 10.2. The maximum absolute atomic E-state index is 13.1. The second-order valence-electron chi connectivity index (χ2n) is 7.70. The van der Waals surface area contributed by atoms with Crippen molar-refractivity contribution in [3.63, 3.8) is 0 Å². The molecule has 0 saturated heterocycles. The molecule has 5 rings (SSSR count). The second kappa shape index (κ2) is 7.22. The summed E-state index contributed by atoms with van der Waals surface area (Å²) in [5.74, 6) is 0. The Labute approximate surface area is 178 Å². The summed E-state index contributed by atoms with van der Waals surface area (Å²) in [5, 5.41) is 1.59. The van der Waals surface area contributed by atoms with Gasteiger partial charge in [0.15, 0.2) is 0 Å². The zero-order valence-electron chi connectivity index (χ0n) is 16.7. The van der Waals surface area contributed by atoms with Gasteiger partial charge in [-0.05, 0) is 62.6 Å². The van der Waals surface area contributed by atoms with Crippen LogP contribution in [0, 0.1) is 13.8 Å². The molecule has 30 heavy (non-hydrogen) atoms. The van der Waals surface area contributed by atoms with Crippen molar-refractivity contribution >= 4 is 50.6 Å². The van der Waals surface area contributed by atoms with Gasteiger partial charge in [-0.3, -0.25) is 9.79 Å². The second-order valence-corrected chi connectivity index (χ2v) is 8.08. The van der Waals surface area contributed by atoms with Crippen molar-refractivity contribution in [1.29, 1.82) is 0 Å². The minimum Gasteiger partial charge on any atom is -0.437 e. The van der Waals surface area contributed by atoms with Crippen LogP contribution in [0.2, 0.25) is 0 Å². The summed E-state index contributed by atoms with van der Waals surface area (Å²) in [6.07, 6.45) is 3.26. The summed E-state index contributed by atoms with van der Waals surface area (Å²) in [6.45, 7) is 4.00. The number of nitrogens with zero attached hydrogens (tertiary/aromatic N) is 2. The smallest absolute Gasteiger partial charge is 0.230 e. The van der Waals surface area contributed by atoms with E-state index in [0.717, 1.165) is 34.5 Å². The van der Waals surface area contributed by atoms with Gasteiger partial charge in [-0.1, -0.05) is 40.9 Å². The minimum absolute atomic E-state index is 0.0878. The molecule has 1 aliphatic rings. The maximum Gasteiger partial charge on any atom is 0.230 e. The van der Waals surface area contributed by atoms with Gasteiger partial charge in [0.25, 0.3) is 0 Å². The Morgan fingerprint density at radius 1 is 1.00 bits per heavy atom. The summed E-state index contributed by atoms with van der Waals surface area (Å²) in [7, 11) is 0. The summed E-state index contributed by atoms with van der Waals surface area (Å²) in [4.78, 5) is 22.3. The zero-order chi connectivity index (χ0) is 20.8. The Bertz CT molecular complexity index is 1430. The number of halogens is 1. The fourth-order valence-corrected chi connectivity index (χ4v) is 4.06. The van der Waals surface area contributed by atoms with E-state index >= 15 is 0 Å². The normalized spacial score (nSPS) is 14.1. The van der Waals surface area contributed by atoms with Crippen LogP contribution in [0.4, 0.5) is 5.69 Å². The van der Waals surface area contributed by atoms with E-state index in [0.29, 0.717) is 33.5 Å². The highest BCUT2D eigenvalue weighted by Crippen LogP contribution is 2.34. The van der Waals surface area contributed by atoms with Gasteiger partial charge in [0.05, 0.1) is 27.2 Å². The van der Waals surface area contributed by atoms with Gasteiger partial charge in [-0.25, -0.2) is 4.98 Å². The van der Waals surface area contributed by atoms with Crippen LogP contribution in [-0.2, 0) is 6.42 Å². The molecule has 2 aromatic carbocycles. The number of fused-ring (bicyclic) bond motifs is 3. The van der Waals surface area contributed by atoms with Crippen molar-refractivity contribution in [2.45, 2.75) is 26.7 Å². The van der Waals surface area contributed by atoms with Gasteiger partial charge in [0.2, 0.25) is 11.1 Å². The fourth-order valence-electron chi connectivity index (χ4n) is 3.75. The third-order valence-electron chi connectivity index (χ3n) is 5.45. The van der Waals surface area contributed by atoms with Crippen LogP contribution in [0.25, 0.3) is 27.1 Å². The Hall–Kier alpha value is -3.24. The fraction of sp³-hybridized carbons (Fsp3) is 0.160. The van der Waals surface area contributed by atoms with Gasteiger partial charge in [0, 0.05) is 11.8 Å². The highest BCUT2D eigenvalue weighted by atomic mass is 35.5. The first-order chi connectivity index (χ1) is 14.5. The average molecular weight is 415 g/mol. The van der Waals surface area contributed by atoms with E-state index < -0.39 is 0 Å². The molecule has 2 heterocycles. The molecular weight excluding hydrogens is 396 g/mol. The molecule has 0 amide bonds. The Morgan fingerprint density at radius 3 is 2.57 bits per heavy atom. The lowest BCUT2D eigenvalue weighted by Gasteiger charge is -2.17. The molecule has 5 heteroatoms. The lowest BCUT2D eigenvalue weighted by molar-refractivity contribution is 0.640. The Kier molecular flexibility index (Phi) is 4.52. The van der Waals surface area contributed by atoms with E-state index in [2.05, 4.69) is 9.98 Å². The molecular formula is C25H19ClN2O2. The Balaban J connectivity index is 1.63. The van der Waals surface area contributed by atoms with E-state index in [1.165, 1.54) is 5.56 Å². The van der Waals surface area contributed by atoms with Crippen LogP contribution in [0.5, 0.6) is 0 Å². The van der Waals surface area contributed by atoms with Crippen molar-refractivity contribution in [1.82, 2.24) is 4.98 Å². The molecule has 4 nitrogen and oxygen atoms in total. The van der Waals surface area contributed by atoms with Crippen LogP contribution < -0.4 is 5.43 Å². The lowest BCUT2D eigenvalue weighted by Crippen LogP contribution is -2.10. The number of hydrogen-bond acceptors (Lipinski definition) is 4. The van der Waals surface area contributed by atoms with Gasteiger partial charge in [-0.2, -0.15) is 0 Å². The van der Waals surface area contributed by atoms with Gasteiger partial charge in [-0.15, -0.1) is 0 Å². The molecule has 0 bridgehead atoms. The molecule has 0 atom stereocenters. The molecule has 2 aromatic heterocycles. The quantitative estimate of drug-likeness (QED) is 0.287. The lowest BCUT2D eigenvalue weighted by atomic mass is 9.95. The first kappa shape index (κ1) is 18.8. The standard InChI is InChI=1S/C25H19ClN2O2/c1-14-3-7-17(8-4-14)27-13-16-6-9-21-18(23(16)26)12-20-24(29)19-11-15(2)5-10-22(19)30-25(20)28-21/h3-5,7-8,10-13H,6,9H2,1-2H3. The molecule has 0 saturated carbocycles. The third-order valence-corrected chi connectivity index (χ3v) is 5.90. The predicted molar refractivity (Wildman–Crippen MR) is 123 cm³/mol. The van der Waals surface area contributed by atoms with E-state index in [-0.39, 0.29) is 5.43 Å². The topological polar surface area (TPSA) is 55.5 Å². The average Bonchev–Trinajstić information content (AvgIpc) is 2.74. The number of hydrogen-bond donors (Lipinski definition) is 0. The minimum atomic E-state index is -0.0878. The molecule has 0 aliphatic heterocycles. The monoisotopic (exact) mass is 414 g/mol. The number of rotatable bonds is 2. The largest absolute Gasteiger partial charge is 0.437 e. The van der Waals surface area contributed by atoms with Crippen molar-refractivity contribution in [3.8, 4) is 0 Å². The predicted octanol–water partition coefficient (Wildman–Crippen LogP) is 6.26. The number of aliphatic imine (C=N–C) groups is 1. The van der Waals surface area contributed by atoms with Gasteiger partial charge in [0.1, 0.15) is 5.58 Å². The molecule has 0 radical (unpaired) electrons. The van der Waals surface area contributed by atoms with Crippen molar-refractivity contribution in [3.05, 3.63) is 86.7 Å². The van der Waals surface area contributed by atoms with Gasteiger partial charge >= 0.3 is 0 Å². The summed E-state index contributed by atoms with van der Waals surface area (Å²) < 4.78 is 5.93. The van der Waals surface area contributed by atoms with E-state index in [4.69, 9.17) is 16.0 Å². The van der Waals surface area contributed by atoms with Crippen LogP contribution >= 0.6 is 11.6 Å². The number of aryl methyl sites for hydroxylation is 3. The molecule has 0 spiro atoms. The molecule has 4 aromatic rings. The highest BCUT2D eigenvalue weighted by molar-refractivity contribution is 6.51. The van der Waals surface area contributed by atoms with Gasteiger partial charge < -0.3 is 4.42 Å². The number of allylic oxidation sites excluding steroid dienone is 1. The van der Waals surface area contributed by atoms with Crippen molar-refractivity contribution < 1.29 is 4.42 Å². The zero-order valence-corrected chi connectivity index (χ0v) is 17.5. The van der Waals surface area contributed by atoms with Crippen LogP contribution in [0.1, 0.15) is 28.8 Å². The highest BCUT2D eigenvalue weighted by Gasteiger charge is 2.21. The third kappa shape index (κ3) is 3.23. The van der Waals surface area contributed by atoms with E-state index in [1.54, 1.807) is 0 Å². The maximum atomic E-state index is 13.1. The van der Waals surface area contributed by atoms with Crippen molar-refractivity contribution in [2.75, 3.05) is 0 Å². The number of aromatic nitrogens is 1. The van der Waals surface area contributed by atoms with Crippen LogP contribution in [-0.4, -0.2) is 11.2 Å². The molecule has 1 aliphatic carbocycles. The molecule has 0 unspecified atom stereocenters. The molecule has 0 N–H and O–H groups in total. The van der Waals surface area contributed by atoms with Crippen molar-refractivity contribution in [2.24, 2.45) is 4.99 Å². The SMILES string of the molecule is Cc1ccc(N=CC2=C(Cl)c3cc4c(=O)c5cc(C)ccc5oc4nc3CC2)cc1. The number of pyridine rings is 1. The van der Waals surface area contributed by atoms with Crippen LogP contribution in [0.15, 0.2) is 68.3 Å². The molecule has 148 valence electrons. The summed E-state index contributed by atoms with van der Waals surface area (Å²) in [5.41, 5.74) is 6.45. The van der Waals surface area contributed by atoms with E-state index in [1.807, 2.05) is 68.6 Å². The van der Waals surface area contributed by atoms with Crippen LogP contribution in [0.3, 0.4) is 0 Å². The van der Waals surface area contributed by atoms with E-state index in [9.17, 15) is 4.79 Å². The number of benzene rings is 2. The summed E-state index contributed by atoms with van der Waals surface area (Å²) >= 11 is 6.72. The first-order valence-electron chi connectivity index (χ1n) is 9.86. The summed E-state index contributed by atoms with van der Waals surface area (Å²) in [6, 6.07) is 15.4. The Morgan fingerprint density at radius 2 is 1.77 bits per heavy atom.